The van der Waals surface area contributed by atoms with Crippen LogP contribution in [0, 0.1) is 0 Å². The first-order chi connectivity index (χ1) is 8.58. The Morgan fingerprint density at radius 2 is 2.06 bits per heavy atom. The third-order valence-electron chi connectivity index (χ3n) is 2.39. The average molecular weight is 245 g/mol. The van der Waals surface area contributed by atoms with Gasteiger partial charge in [-0.15, -0.1) is 0 Å². The lowest BCUT2D eigenvalue weighted by molar-refractivity contribution is 0.0690. The second kappa shape index (κ2) is 4.70. The second-order valence-corrected chi connectivity index (χ2v) is 3.67. The van der Waals surface area contributed by atoms with Gasteiger partial charge in [0.25, 0.3) is 5.91 Å². The topological polar surface area (TPSA) is 84.2 Å². The maximum atomic E-state index is 11.9. The third kappa shape index (κ3) is 2.37. The molecule has 2 aromatic rings. The summed E-state index contributed by atoms with van der Waals surface area (Å²) in [5, 5.41) is 11.3. The second-order valence-electron chi connectivity index (χ2n) is 3.67. The van der Waals surface area contributed by atoms with Gasteiger partial charge in [0.15, 0.2) is 5.69 Å². The molecular weight excluding hydrogens is 234 g/mol. The predicted molar refractivity (Wildman–Crippen MR) is 64.6 cm³/mol. The number of anilines is 1. The summed E-state index contributed by atoms with van der Waals surface area (Å²) in [7, 11) is 1.75. The Balaban J connectivity index is 2.20. The zero-order valence-electron chi connectivity index (χ0n) is 9.62. The SMILES string of the molecule is Cn1cccc1C(=O)Nc1cccc(C(=O)O)n1. The first kappa shape index (κ1) is 11.8. The van der Waals surface area contributed by atoms with Crippen molar-refractivity contribution in [3.8, 4) is 0 Å². The molecule has 6 heteroatoms. The summed E-state index contributed by atoms with van der Waals surface area (Å²) >= 11 is 0. The molecule has 2 heterocycles. The molecule has 0 aliphatic carbocycles. The molecule has 0 saturated heterocycles. The number of carbonyl (C=O) groups is 2. The quantitative estimate of drug-likeness (QED) is 0.855. The Kier molecular flexibility index (Phi) is 3.09. The molecule has 18 heavy (non-hydrogen) atoms. The van der Waals surface area contributed by atoms with Crippen molar-refractivity contribution in [3.63, 3.8) is 0 Å². The zero-order valence-corrected chi connectivity index (χ0v) is 9.62. The van der Waals surface area contributed by atoms with Crippen molar-refractivity contribution in [1.82, 2.24) is 9.55 Å². The third-order valence-corrected chi connectivity index (χ3v) is 2.39. The highest BCUT2D eigenvalue weighted by molar-refractivity contribution is 6.02. The number of nitrogens with zero attached hydrogens (tertiary/aromatic N) is 2. The Bertz CT molecular complexity index is 604. The van der Waals surface area contributed by atoms with E-state index >= 15 is 0 Å². The summed E-state index contributed by atoms with van der Waals surface area (Å²) in [4.78, 5) is 26.4. The Morgan fingerprint density at radius 1 is 1.28 bits per heavy atom. The maximum Gasteiger partial charge on any atom is 0.354 e. The average Bonchev–Trinajstić information content (AvgIpc) is 2.76. The van der Waals surface area contributed by atoms with Crippen LogP contribution < -0.4 is 5.32 Å². The predicted octanol–water partition coefficient (Wildman–Crippen LogP) is 1.37. The van der Waals surface area contributed by atoms with Crippen molar-refractivity contribution in [2.45, 2.75) is 0 Å². The molecule has 0 bridgehead atoms. The van der Waals surface area contributed by atoms with Gasteiger partial charge in [0.1, 0.15) is 11.5 Å². The first-order valence-electron chi connectivity index (χ1n) is 5.21. The number of aromatic nitrogens is 2. The minimum Gasteiger partial charge on any atom is -0.477 e. The van der Waals surface area contributed by atoms with E-state index in [9.17, 15) is 9.59 Å². The molecule has 0 spiro atoms. The van der Waals surface area contributed by atoms with Crippen LogP contribution in [0.15, 0.2) is 36.5 Å². The Labute approximate surface area is 103 Å². The van der Waals surface area contributed by atoms with E-state index in [4.69, 9.17) is 5.11 Å². The van der Waals surface area contributed by atoms with Gasteiger partial charge in [-0.3, -0.25) is 4.79 Å². The summed E-state index contributed by atoms with van der Waals surface area (Å²) in [6.45, 7) is 0. The van der Waals surface area contributed by atoms with E-state index in [-0.39, 0.29) is 17.4 Å². The normalized spacial score (nSPS) is 10.1. The van der Waals surface area contributed by atoms with Crippen LogP contribution in [0.3, 0.4) is 0 Å². The van der Waals surface area contributed by atoms with Crippen LogP contribution in [0.25, 0.3) is 0 Å². The van der Waals surface area contributed by atoms with Crippen molar-refractivity contribution in [2.75, 3.05) is 5.32 Å². The van der Waals surface area contributed by atoms with E-state index < -0.39 is 5.97 Å². The van der Waals surface area contributed by atoms with Crippen LogP contribution in [-0.4, -0.2) is 26.5 Å². The highest BCUT2D eigenvalue weighted by atomic mass is 16.4. The van der Waals surface area contributed by atoms with Gasteiger partial charge in [0, 0.05) is 13.2 Å². The van der Waals surface area contributed by atoms with E-state index in [1.54, 1.807) is 29.9 Å². The van der Waals surface area contributed by atoms with Gasteiger partial charge in [-0.1, -0.05) is 6.07 Å². The molecule has 0 atom stereocenters. The number of hydrogen-bond acceptors (Lipinski definition) is 3. The van der Waals surface area contributed by atoms with Crippen LogP contribution in [0.5, 0.6) is 0 Å². The maximum absolute atomic E-state index is 11.9. The summed E-state index contributed by atoms with van der Waals surface area (Å²) < 4.78 is 1.66. The van der Waals surface area contributed by atoms with Gasteiger partial charge in [0.2, 0.25) is 0 Å². The number of aromatic carboxylic acids is 1. The van der Waals surface area contributed by atoms with Gasteiger partial charge in [-0.2, -0.15) is 0 Å². The number of hydrogen-bond donors (Lipinski definition) is 2. The largest absolute Gasteiger partial charge is 0.477 e. The molecule has 2 aromatic heterocycles. The summed E-state index contributed by atoms with van der Waals surface area (Å²) in [5.74, 6) is -1.26. The Morgan fingerprint density at radius 3 is 2.67 bits per heavy atom. The lowest BCUT2D eigenvalue weighted by Crippen LogP contribution is -2.16. The van der Waals surface area contributed by atoms with Crippen molar-refractivity contribution in [2.24, 2.45) is 7.05 Å². The molecule has 0 aromatic carbocycles. The molecule has 2 rings (SSSR count). The lowest BCUT2D eigenvalue weighted by atomic mass is 10.3. The van der Waals surface area contributed by atoms with E-state index in [1.165, 1.54) is 18.2 Å². The molecule has 92 valence electrons. The molecule has 6 nitrogen and oxygen atoms in total. The molecule has 2 N–H and O–H groups in total. The lowest BCUT2D eigenvalue weighted by Gasteiger charge is -2.05. The molecule has 1 amide bonds. The van der Waals surface area contributed by atoms with E-state index in [0.717, 1.165) is 0 Å². The minimum atomic E-state index is -1.13. The van der Waals surface area contributed by atoms with Gasteiger partial charge >= 0.3 is 5.97 Å². The smallest absolute Gasteiger partial charge is 0.354 e. The summed E-state index contributed by atoms with van der Waals surface area (Å²) in [6, 6.07) is 7.83. The molecule has 0 unspecified atom stereocenters. The van der Waals surface area contributed by atoms with E-state index in [2.05, 4.69) is 10.3 Å². The molecule has 0 radical (unpaired) electrons. The number of amides is 1. The number of nitrogens with one attached hydrogen (secondary N) is 1. The highest BCUT2D eigenvalue weighted by Gasteiger charge is 2.11. The van der Waals surface area contributed by atoms with Crippen LogP contribution in [0.4, 0.5) is 5.82 Å². The van der Waals surface area contributed by atoms with Gasteiger partial charge in [-0.05, 0) is 24.3 Å². The van der Waals surface area contributed by atoms with Gasteiger partial charge in [-0.25, -0.2) is 9.78 Å². The fraction of sp³-hybridized carbons (Fsp3) is 0.0833. The van der Waals surface area contributed by atoms with Crippen LogP contribution in [-0.2, 0) is 7.05 Å². The Hall–Kier alpha value is -2.63. The minimum absolute atomic E-state index is 0.111. The number of carbonyl (C=O) groups excluding carboxylic acids is 1. The molecular formula is C12H11N3O3. The van der Waals surface area contributed by atoms with Crippen LogP contribution in [0.1, 0.15) is 21.0 Å². The molecule has 0 aliphatic rings. The number of carboxylic acids is 1. The fourth-order valence-corrected chi connectivity index (χ4v) is 1.50. The number of aryl methyl sites for hydroxylation is 1. The van der Waals surface area contributed by atoms with Crippen LogP contribution >= 0.6 is 0 Å². The van der Waals surface area contributed by atoms with Crippen molar-refractivity contribution in [3.05, 3.63) is 47.9 Å². The van der Waals surface area contributed by atoms with Gasteiger partial charge < -0.3 is 15.0 Å². The van der Waals surface area contributed by atoms with E-state index in [0.29, 0.717) is 5.69 Å². The van der Waals surface area contributed by atoms with Gasteiger partial charge in [0.05, 0.1) is 0 Å². The first-order valence-corrected chi connectivity index (χ1v) is 5.21. The zero-order chi connectivity index (χ0) is 13.1. The number of rotatable bonds is 3. The summed E-state index contributed by atoms with van der Waals surface area (Å²) in [5.41, 5.74) is 0.359. The number of carboxylic acid groups (broad SMARTS) is 1. The molecule has 0 aliphatic heterocycles. The fourth-order valence-electron chi connectivity index (χ4n) is 1.50. The van der Waals surface area contributed by atoms with Crippen molar-refractivity contribution >= 4 is 17.7 Å². The number of pyridine rings is 1. The summed E-state index contributed by atoms with van der Waals surface area (Å²) in [6.07, 6.45) is 1.75. The van der Waals surface area contributed by atoms with Crippen molar-refractivity contribution in [1.29, 1.82) is 0 Å². The standard InChI is InChI=1S/C12H11N3O3/c1-15-7-3-5-9(15)11(16)14-10-6-2-4-8(13-10)12(17)18/h2-7H,1H3,(H,17,18)(H,13,14,16). The van der Waals surface area contributed by atoms with Crippen LogP contribution in [0.2, 0.25) is 0 Å². The highest BCUT2D eigenvalue weighted by Crippen LogP contribution is 2.08. The molecule has 0 fully saturated rings. The van der Waals surface area contributed by atoms with E-state index in [1.807, 2.05) is 0 Å². The monoisotopic (exact) mass is 245 g/mol. The molecule has 0 saturated carbocycles. The van der Waals surface area contributed by atoms with Crippen molar-refractivity contribution < 1.29 is 14.7 Å².